The summed E-state index contributed by atoms with van der Waals surface area (Å²) in [5.41, 5.74) is 0. The highest BCUT2D eigenvalue weighted by molar-refractivity contribution is 4.79. The van der Waals surface area contributed by atoms with E-state index in [1.165, 1.54) is 58.3 Å². The summed E-state index contributed by atoms with van der Waals surface area (Å²) in [5.74, 6) is 1.99. The molecule has 0 bridgehead atoms. The highest BCUT2D eigenvalue weighted by Gasteiger charge is 2.25. The van der Waals surface area contributed by atoms with E-state index in [0.717, 1.165) is 11.8 Å². The van der Waals surface area contributed by atoms with Gasteiger partial charge in [0.2, 0.25) is 0 Å². The molecule has 0 radical (unpaired) electrons. The Kier molecular flexibility index (Phi) is 3.82. The van der Waals surface area contributed by atoms with Gasteiger partial charge < -0.3 is 10.2 Å². The highest BCUT2D eigenvalue weighted by atomic mass is 15.1. The summed E-state index contributed by atoms with van der Waals surface area (Å²) in [6, 6.07) is 0. The molecule has 14 heavy (non-hydrogen) atoms. The van der Waals surface area contributed by atoms with Crippen LogP contribution in [-0.4, -0.2) is 38.1 Å². The Morgan fingerprint density at radius 1 is 1.00 bits per heavy atom. The Morgan fingerprint density at radius 2 is 1.79 bits per heavy atom. The summed E-state index contributed by atoms with van der Waals surface area (Å²) in [4.78, 5) is 2.47. The van der Waals surface area contributed by atoms with Crippen LogP contribution in [0, 0.1) is 11.8 Å². The van der Waals surface area contributed by atoms with Crippen LogP contribution in [0.15, 0.2) is 0 Å². The Morgan fingerprint density at radius 3 is 2.57 bits per heavy atom. The van der Waals surface area contributed by atoms with Crippen molar-refractivity contribution in [3.63, 3.8) is 0 Å². The van der Waals surface area contributed by atoms with E-state index >= 15 is 0 Å². The van der Waals surface area contributed by atoms with E-state index in [1.54, 1.807) is 0 Å². The van der Waals surface area contributed by atoms with Crippen LogP contribution < -0.4 is 5.32 Å². The van der Waals surface area contributed by atoms with Gasteiger partial charge in [0.15, 0.2) is 0 Å². The zero-order valence-corrected chi connectivity index (χ0v) is 9.47. The van der Waals surface area contributed by atoms with E-state index in [2.05, 4.69) is 17.3 Å². The van der Waals surface area contributed by atoms with Crippen LogP contribution in [-0.2, 0) is 0 Å². The van der Waals surface area contributed by atoms with Crippen LogP contribution in [0.3, 0.4) is 0 Å². The molecule has 2 rings (SSSR count). The summed E-state index contributed by atoms with van der Waals surface area (Å²) in [5, 5.41) is 3.59. The van der Waals surface area contributed by atoms with Gasteiger partial charge in [-0.3, -0.25) is 0 Å². The van der Waals surface area contributed by atoms with Crippen LogP contribution in [0.2, 0.25) is 0 Å². The van der Waals surface area contributed by atoms with Gasteiger partial charge in [-0.25, -0.2) is 0 Å². The molecule has 0 aromatic rings. The standard InChI is InChI=1S/C12H24N2/c1-14-8-5-11(6-9-14)12-4-2-3-7-13-10-12/h11-13H,2-10H2,1H3. The smallest absolute Gasteiger partial charge is 0.00179 e. The first-order valence-electron chi connectivity index (χ1n) is 6.25. The van der Waals surface area contributed by atoms with Crippen LogP contribution in [0.5, 0.6) is 0 Å². The molecule has 1 atom stereocenters. The van der Waals surface area contributed by atoms with E-state index in [1.807, 2.05) is 0 Å². The minimum atomic E-state index is 0.978. The SMILES string of the molecule is CN1CCC(C2CCCCNC2)CC1. The molecule has 2 aliphatic rings. The lowest BCUT2D eigenvalue weighted by atomic mass is 9.82. The second-order valence-electron chi connectivity index (χ2n) is 5.10. The fourth-order valence-electron chi connectivity index (χ4n) is 2.95. The second kappa shape index (κ2) is 5.13. The van der Waals surface area contributed by atoms with Crippen molar-refractivity contribution < 1.29 is 0 Å². The number of likely N-dealkylation sites (tertiary alicyclic amines) is 1. The molecule has 1 N–H and O–H groups in total. The Labute approximate surface area is 88.1 Å². The Hall–Kier alpha value is -0.0800. The first-order chi connectivity index (χ1) is 6.86. The van der Waals surface area contributed by atoms with Crippen molar-refractivity contribution in [3.8, 4) is 0 Å². The molecule has 2 saturated heterocycles. The quantitative estimate of drug-likeness (QED) is 0.687. The number of rotatable bonds is 1. The van der Waals surface area contributed by atoms with Gasteiger partial charge in [0.1, 0.15) is 0 Å². The van der Waals surface area contributed by atoms with Gasteiger partial charge in [-0.1, -0.05) is 6.42 Å². The molecule has 2 aliphatic heterocycles. The molecule has 2 nitrogen and oxygen atoms in total. The van der Waals surface area contributed by atoms with Crippen LogP contribution in [0.1, 0.15) is 32.1 Å². The third kappa shape index (κ3) is 2.71. The minimum Gasteiger partial charge on any atom is -0.316 e. The molecule has 2 heteroatoms. The summed E-state index contributed by atoms with van der Waals surface area (Å²) < 4.78 is 0. The number of hydrogen-bond acceptors (Lipinski definition) is 2. The number of piperidine rings is 1. The zero-order chi connectivity index (χ0) is 9.80. The van der Waals surface area contributed by atoms with Gasteiger partial charge in [-0.2, -0.15) is 0 Å². The lowest BCUT2D eigenvalue weighted by Gasteiger charge is -2.34. The topological polar surface area (TPSA) is 15.3 Å². The molecular formula is C12H24N2. The van der Waals surface area contributed by atoms with Crippen molar-refractivity contribution in [3.05, 3.63) is 0 Å². The largest absolute Gasteiger partial charge is 0.316 e. The molecule has 82 valence electrons. The van der Waals surface area contributed by atoms with Crippen molar-refractivity contribution in [2.45, 2.75) is 32.1 Å². The van der Waals surface area contributed by atoms with Crippen molar-refractivity contribution in [1.29, 1.82) is 0 Å². The zero-order valence-electron chi connectivity index (χ0n) is 9.47. The van der Waals surface area contributed by atoms with Crippen LogP contribution >= 0.6 is 0 Å². The maximum absolute atomic E-state index is 3.59. The molecular weight excluding hydrogens is 172 g/mol. The van der Waals surface area contributed by atoms with E-state index in [-0.39, 0.29) is 0 Å². The third-order valence-corrected chi connectivity index (χ3v) is 4.01. The van der Waals surface area contributed by atoms with Gasteiger partial charge in [0.05, 0.1) is 0 Å². The van der Waals surface area contributed by atoms with Gasteiger partial charge in [-0.15, -0.1) is 0 Å². The van der Waals surface area contributed by atoms with E-state index < -0.39 is 0 Å². The Balaban J connectivity index is 1.81. The van der Waals surface area contributed by atoms with Crippen molar-refractivity contribution in [2.75, 3.05) is 33.2 Å². The highest BCUT2D eigenvalue weighted by Crippen LogP contribution is 2.28. The third-order valence-electron chi connectivity index (χ3n) is 4.01. The monoisotopic (exact) mass is 196 g/mol. The molecule has 0 spiro atoms. The number of nitrogens with one attached hydrogen (secondary N) is 1. The molecule has 2 heterocycles. The van der Waals surface area contributed by atoms with E-state index in [0.29, 0.717) is 0 Å². The van der Waals surface area contributed by atoms with E-state index in [9.17, 15) is 0 Å². The minimum absolute atomic E-state index is 0.978. The first-order valence-corrected chi connectivity index (χ1v) is 6.25. The average molecular weight is 196 g/mol. The Bertz CT molecular complexity index is 154. The molecule has 0 aromatic heterocycles. The first kappa shape index (κ1) is 10.4. The molecule has 0 saturated carbocycles. The maximum Gasteiger partial charge on any atom is -0.00179 e. The predicted octanol–water partition coefficient (Wildman–Crippen LogP) is 1.72. The fourth-order valence-corrected chi connectivity index (χ4v) is 2.95. The number of hydrogen-bond donors (Lipinski definition) is 1. The van der Waals surface area contributed by atoms with Gasteiger partial charge in [0.25, 0.3) is 0 Å². The van der Waals surface area contributed by atoms with Crippen molar-refractivity contribution >= 4 is 0 Å². The van der Waals surface area contributed by atoms with Gasteiger partial charge in [-0.05, 0) is 70.7 Å². The molecule has 2 fully saturated rings. The summed E-state index contributed by atoms with van der Waals surface area (Å²) >= 11 is 0. The molecule has 0 amide bonds. The van der Waals surface area contributed by atoms with Gasteiger partial charge in [0, 0.05) is 0 Å². The normalized spacial score (nSPS) is 32.8. The average Bonchev–Trinajstić information content (AvgIpc) is 2.47. The van der Waals surface area contributed by atoms with Crippen molar-refractivity contribution in [2.24, 2.45) is 11.8 Å². The molecule has 1 unspecified atom stereocenters. The van der Waals surface area contributed by atoms with Gasteiger partial charge >= 0.3 is 0 Å². The van der Waals surface area contributed by atoms with E-state index in [4.69, 9.17) is 0 Å². The number of nitrogens with zero attached hydrogens (tertiary/aromatic N) is 1. The lowest BCUT2D eigenvalue weighted by Crippen LogP contribution is -2.36. The molecule has 0 aliphatic carbocycles. The summed E-state index contributed by atoms with van der Waals surface area (Å²) in [7, 11) is 2.25. The second-order valence-corrected chi connectivity index (χ2v) is 5.10. The van der Waals surface area contributed by atoms with Crippen LogP contribution in [0.4, 0.5) is 0 Å². The van der Waals surface area contributed by atoms with Crippen molar-refractivity contribution in [1.82, 2.24) is 10.2 Å². The molecule has 0 aromatic carbocycles. The van der Waals surface area contributed by atoms with Crippen LogP contribution in [0.25, 0.3) is 0 Å². The lowest BCUT2D eigenvalue weighted by molar-refractivity contribution is 0.166. The fraction of sp³-hybridized carbons (Fsp3) is 1.00. The predicted molar refractivity (Wildman–Crippen MR) is 60.4 cm³/mol. The summed E-state index contributed by atoms with van der Waals surface area (Å²) in [6.45, 7) is 5.18. The summed E-state index contributed by atoms with van der Waals surface area (Å²) in [6.07, 6.45) is 7.18. The maximum atomic E-state index is 3.59.